The second-order valence-corrected chi connectivity index (χ2v) is 3.64. The first-order valence-corrected chi connectivity index (χ1v) is 5.33. The highest BCUT2D eigenvalue weighted by Crippen LogP contribution is 2.24. The highest BCUT2D eigenvalue weighted by atomic mass is 16.6. The van der Waals surface area contributed by atoms with Crippen molar-refractivity contribution in [2.75, 3.05) is 0 Å². The van der Waals surface area contributed by atoms with Crippen LogP contribution in [0.15, 0.2) is 25.3 Å². The first kappa shape index (κ1) is 12.5. The summed E-state index contributed by atoms with van der Waals surface area (Å²) >= 11 is 0. The standard InChI is InChI=1S/C12H16O4/c1-3-11(13)15-9-7-5-6-8-10(9)16-12(14)4-2/h3-4,9-10H,1-2,5-8H2/t9-,10-/m1/s1. The molecule has 1 saturated carbocycles. The molecule has 2 atom stereocenters. The quantitative estimate of drug-likeness (QED) is 0.539. The van der Waals surface area contributed by atoms with Gasteiger partial charge < -0.3 is 9.47 Å². The molecule has 1 aliphatic rings. The molecule has 4 nitrogen and oxygen atoms in total. The topological polar surface area (TPSA) is 52.6 Å². The van der Waals surface area contributed by atoms with Gasteiger partial charge in [0.05, 0.1) is 0 Å². The second-order valence-electron chi connectivity index (χ2n) is 3.64. The zero-order chi connectivity index (χ0) is 12.0. The van der Waals surface area contributed by atoms with Crippen LogP contribution in [0.4, 0.5) is 0 Å². The van der Waals surface area contributed by atoms with Gasteiger partial charge in [-0.2, -0.15) is 0 Å². The van der Waals surface area contributed by atoms with Gasteiger partial charge in [0, 0.05) is 12.2 Å². The molecule has 1 fully saturated rings. The normalized spacial score (nSPS) is 24.2. The zero-order valence-corrected chi connectivity index (χ0v) is 9.19. The molecule has 0 amide bonds. The van der Waals surface area contributed by atoms with Crippen molar-refractivity contribution in [1.82, 2.24) is 0 Å². The lowest BCUT2D eigenvalue weighted by atomic mass is 9.94. The molecule has 0 spiro atoms. The third-order valence-corrected chi connectivity index (χ3v) is 2.51. The summed E-state index contributed by atoms with van der Waals surface area (Å²) in [5, 5.41) is 0. The fraction of sp³-hybridized carbons (Fsp3) is 0.500. The van der Waals surface area contributed by atoms with Crippen LogP contribution in [0.3, 0.4) is 0 Å². The summed E-state index contributed by atoms with van der Waals surface area (Å²) in [6, 6.07) is 0. The molecule has 16 heavy (non-hydrogen) atoms. The Labute approximate surface area is 94.9 Å². The van der Waals surface area contributed by atoms with Crippen LogP contribution in [-0.2, 0) is 19.1 Å². The van der Waals surface area contributed by atoms with Gasteiger partial charge in [-0.25, -0.2) is 9.59 Å². The third-order valence-electron chi connectivity index (χ3n) is 2.51. The Morgan fingerprint density at radius 3 is 1.62 bits per heavy atom. The third kappa shape index (κ3) is 3.53. The fourth-order valence-corrected chi connectivity index (χ4v) is 1.73. The van der Waals surface area contributed by atoms with Crippen molar-refractivity contribution in [1.29, 1.82) is 0 Å². The SMILES string of the molecule is C=CC(=O)O[C@@H]1CCCC[C@H]1OC(=O)C=C. The Kier molecular flexibility index (Phi) is 4.76. The molecule has 0 saturated heterocycles. The molecule has 0 aromatic heterocycles. The van der Waals surface area contributed by atoms with Gasteiger partial charge in [0.2, 0.25) is 0 Å². The molecular weight excluding hydrogens is 208 g/mol. The number of hydrogen-bond donors (Lipinski definition) is 0. The highest BCUT2D eigenvalue weighted by Gasteiger charge is 2.30. The largest absolute Gasteiger partial charge is 0.455 e. The average Bonchev–Trinajstić information content (AvgIpc) is 2.31. The van der Waals surface area contributed by atoms with Crippen molar-refractivity contribution in [3.8, 4) is 0 Å². The summed E-state index contributed by atoms with van der Waals surface area (Å²) in [6.45, 7) is 6.66. The van der Waals surface area contributed by atoms with Crippen molar-refractivity contribution >= 4 is 11.9 Å². The summed E-state index contributed by atoms with van der Waals surface area (Å²) in [5.41, 5.74) is 0. The smallest absolute Gasteiger partial charge is 0.330 e. The minimum atomic E-state index is -0.480. The molecule has 0 aliphatic heterocycles. The van der Waals surface area contributed by atoms with E-state index in [9.17, 15) is 9.59 Å². The van der Waals surface area contributed by atoms with Crippen molar-refractivity contribution in [2.24, 2.45) is 0 Å². The van der Waals surface area contributed by atoms with Crippen LogP contribution < -0.4 is 0 Å². The molecule has 0 unspecified atom stereocenters. The van der Waals surface area contributed by atoms with E-state index >= 15 is 0 Å². The number of ether oxygens (including phenoxy) is 2. The predicted molar refractivity (Wildman–Crippen MR) is 58.6 cm³/mol. The maximum Gasteiger partial charge on any atom is 0.330 e. The molecule has 1 rings (SSSR count). The fourth-order valence-electron chi connectivity index (χ4n) is 1.73. The van der Waals surface area contributed by atoms with Gasteiger partial charge in [0.25, 0.3) is 0 Å². The lowest BCUT2D eigenvalue weighted by Crippen LogP contribution is -2.37. The molecule has 0 heterocycles. The first-order valence-electron chi connectivity index (χ1n) is 5.33. The molecule has 4 heteroatoms. The molecule has 88 valence electrons. The van der Waals surface area contributed by atoms with Crippen LogP contribution in [0.25, 0.3) is 0 Å². The summed E-state index contributed by atoms with van der Waals surface area (Å²) in [4.78, 5) is 22.2. The van der Waals surface area contributed by atoms with Crippen molar-refractivity contribution in [3.63, 3.8) is 0 Å². The van der Waals surface area contributed by atoms with Crippen LogP contribution in [0.1, 0.15) is 25.7 Å². The Hall–Kier alpha value is -1.58. The molecule has 0 aromatic carbocycles. The lowest BCUT2D eigenvalue weighted by Gasteiger charge is -2.29. The van der Waals surface area contributed by atoms with E-state index in [1.165, 1.54) is 0 Å². The summed E-state index contributed by atoms with van der Waals surface area (Å²) in [6.07, 6.45) is 4.88. The minimum absolute atomic E-state index is 0.358. The van der Waals surface area contributed by atoms with E-state index in [1.54, 1.807) is 0 Å². The molecule has 0 bridgehead atoms. The van der Waals surface area contributed by atoms with Crippen molar-refractivity contribution in [3.05, 3.63) is 25.3 Å². The average molecular weight is 224 g/mol. The number of carbonyl (C=O) groups is 2. The number of hydrogen-bond acceptors (Lipinski definition) is 4. The van der Waals surface area contributed by atoms with E-state index in [0.29, 0.717) is 12.8 Å². The Morgan fingerprint density at radius 2 is 1.31 bits per heavy atom. The Morgan fingerprint density at radius 1 is 0.938 bits per heavy atom. The second kappa shape index (κ2) is 6.10. The van der Waals surface area contributed by atoms with Crippen molar-refractivity contribution in [2.45, 2.75) is 37.9 Å². The Bertz CT molecular complexity index is 265. The molecular formula is C12H16O4. The summed E-state index contributed by atoms with van der Waals surface area (Å²) in [5.74, 6) is -0.960. The van der Waals surface area contributed by atoms with E-state index in [4.69, 9.17) is 9.47 Å². The van der Waals surface area contributed by atoms with Gasteiger partial charge in [0.1, 0.15) is 12.2 Å². The number of carbonyl (C=O) groups excluding carboxylic acids is 2. The van der Waals surface area contributed by atoms with Gasteiger partial charge in [-0.15, -0.1) is 0 Å². The zero-order valence-electron chi connectivity index (χ0n) is 9.19. The van der Waals surface area contributed by atoms with Gasteiger partial charge in [0.15, 0.2) is 0 Å². The highest BCUT2D eigenvalue weighted by molar-refractivity contribution is 5.82. The first-order chi connectivity index (χ1) is 7.67. The summed E-state index contributed by atoms with van der Waals surface area (Å²) in [7, 11) is 0. The van der Waals surface area contributed by atoms with Crippen molar-refractivity contribution < 1.29 is 19.1 Å². The van der Waals surface area contributed by atoms with Crippen LogP contribution in [0.5, 0.6) is 0 Å². The molecule has 1 aliphatic carbocycles. The van der Waals surface area contributed by atoms with Crippen LogP contribution in [0, 0.1) is 0 Å². The lowest BCUT2D eigenvalue weighted by molar-refractivity contribution is -0.165. The molecule has 0 aromatic rings. The van der Waals surface area contributed by atoms with Crippen LogP contribution in [-0.4, -0.2) is 24.1 Å². The van der Waals surface area contributed by atoms with E-state index in [0.717, 1.165) is 25.0 Å². The number of esters is 2. The maximum atomic E-state index is 11.1. The van der Waals surface area contributed by atoms with E-state index in [-0.39, 0.29) is 12.2 Å². The monoisotopic (exact) mass is 224 g/mol. The van der Waals surface area contributed by atoms with Gasteiger partial charge >= 0.3 is 11.9 Å². The maximum absolute atomic E-state index is 11.1. The van der Waals surface area contributed by atoms with Gasteiger partial charge in [-0.1, -0.05) is 13.2 Å². The van der Waals surface area contributed by atoms with Crippen LogP contribution in [0.2, 0.25) is 0 Å². The molecule has 0 N–H and O–H groups in total. The predicted octanol–water partition coefficient (Wildman–Crippen LogP) is 1.76. The number of rotatable bonds is 4. The minimum Gasteiger partial charge on any atom is -0.455 e. The van der Waals surface area contributed by atoms with Crippen LogP contribution >= 0.6 is 0 Å². The van der Waals surface area contributed by atoms with E-state index in [2.05, 4.69) is 13.2 Å². The van der Waals surface area contributed by atoms with E-state index in [1.807, 2.05) is 0 Å². The summed E-state index contributed by atoms with van der Waals surface area (Å²) < 4.78 is 10.3. The Balaban J connectivity index is 2.56. The molecule has 0 radical (unpaired) electrons. The van der Waals surface area contributed by atoms with Gasteiger partial charge in [-0.05, 0) is 25.7 Å². The van der Waals surface area contributed by atoms with Gasteiger partial charge in [-0.3, -0.25) is 0 Å². The van der Waals surface area contributed by atoms with E-state index < -0.39 is 11.9 Å².